The maximum absolute atomic E-state index is 11.9. The van der Waals surface area contributed by atoms with Crippen molar-refractivity contribution in [3.63, 3.8) is 0 Å². The predicted molar refractivity (Wildman–Crippen MR) is 102 cm³/mol. The van der Waals surface area contributed by atoms with E-state index < -0.39 is 5.97 Å². The van der Waals surface area contributed by atoms with Crippen LogP contribution in [0.15, 0.2) is 59.1 Å². The van der Waals surface area contributed by atoms with Crippen LogP contribution in [0.2, 0.25) is 0 Å². The van der Waals surface area contributed by atoms with Gasteiger partial charge in [-0.25, -0.2) is 4.79 Å². The number of hydrogen-bond acceptors (Lipinski definition) is 3. The molecule has 0 aliphatic rings. The molecule has 25 heavy (non-hydrogen) atoms. The molecular weight excluding hydrogens is 382 g/mol. The average molecular weight is 402 g/mol. The number of carbonyl (C=O) groups is 2. The zero-order valence-corrected chi connectivity index (χ0v) is 15.7. The number of carbonyl (C=O) groups excluding carboxylic acids is 2. The zero-order chi connectivity index (χ0) is 18.2. The number of esters is 1. The van der Waals surface area contributed by atoms with Crippen molar-refractivity contribution in [2.75, 3.05) is 6.61 Å². The average Bonchev–Trinajstić information content (AvgIpc) is 2.59. The minimum absolute atomic E-state index is 0.165. The summed E-state index contributed by atoms with van der Waals surface area (Å²) in [5.74, 6) is -0.886. The Kier molecular flexibility index (Phi) is 6.95. The Morgan fingerprint density at radius 2 is 1.84 bits per heavy atom. The highest BCUT2D eigenvalue weighted by molar-refractivity contribution is 9.10. The van der Waals surface area contributed by atoms with E-state index in [2.05, 4.69) is 21.2 Å². The van der Waals surface area contributed by atoms with Gasteiger partial charge in [-0.05, 0) is 48.7 Å². The van der Waals surface area contributed by atoms with E-state index in [1.54, 1.807) is 6.08 Å². The van der Waals surface area contributed by atoms with Gasteiger partial charge in [0.15, 0.2) is 6.61 Å². The number of nitrogens with one attached hydrogen (secondary N) is 1. The quantitative estimate of drug-likeness (QED) is 0.582. The Labute approximate surface area is 156 Å². The van der Waals surface area contributed by atoms with Gasteiger partial charge >= 0.3 is 5.97 Å². The summed E-state index contributed by atoms with van der Waals surface area (Å²) in [5.41, 5.74) is 2.97. The highest BCUT2D eigenvalue weighted by Crippen LogP contribution is 2.16. The van der Waals surface area contributed by atoms with E-state index in [0.717, 1.165) is 21.2 Å². The van der Waals surface area contributed by atoms with E-state index in [0.29, 0.717) is 0 Å². The Balaban J connectivity index is 1.80. The van der Waals surface area contributed by atoms with E-state index in [1.807, 2.05) is 62.4 Å². The highest BCUT2D eigenvalue weighted by Gasteiger charge is 2.11. The molecule has 4 nitrogen and oxygen atoms in total. The smallest absolute Gasteiger partial charge is 0.331 e. The van der Waals surface area contributed by atoms with Crippen molar-refractivity contribution in [3.05, 3.63) is 75.8 Å². The summed E-state index contributed by atoms with van der Waals surface area (Å²) in [5, 5.41) is 2.80. The largest absolute Gasteiger partial charge is 0.452 e. The number of aryl methyl sites for hydroxylation is 1. The molecule has 1 N–H and O–H groups in total. The number of ether oxygens (including phenoxy) is 1. The molecule has 2 rings (SSSR count). The van der Waals surface area contributed by atoms with Crippen LogP contribution in [0.4, 0.5) is 0 Å². The molecule has 130 valence electrons. The van der Waals surface area contributed by atoms with Crippen LogP contribution in [0.1, 0.15) is 29.7 Å². The van der Waals surface area contributed by atoms with Crippen LogP contribution < -0.4 is 5.32 Å². The fraction of sp³-hybridized carbons (Fsp3) is 0.200. The van der Waals surface area contributed by atoms with Gasteiger partial charge in [0.2, 0.25) is 0 Å². The second-order valence-corrected chi connectivity index (χ2v) is 6.55. The summed E-state index contributed by atoms with van der Waals surface area (Å²) in [6.07, 6.45) is 3.01. The fourth-order valence-electron chi connectivity index (χ4n) is 2.23. The number of amides is 1. The third-order valence-electron chi connectivity index (χ3n) is 3.68. The first kappa shape index (κ1) is 18.9. The number of hydrogen-bond donors (Lipinski definition) is 1. The van der Waals surface area contributed by atoms with Crippen LogP contribution in [0.5, 0.6) is 0 Å². The monoisotopic (exact) mass is 401 g/mol. The maximum atomic E-state index is 11.9. The van der Waals surface area contributed by atoms with E-state index in [4.69, 9.17) is 4.74 Å². The fourth-order valence-corrected chi connectivity index (χ4v) is 2.50. The molecule has 0 fully saturated rings. The first-order valence-corrected chi connectivity index (χ1v) is 8.70. The summed E-state index contributed by atoms with van der Waals surface area (Å²) >= 11 is 3.37. The molecule has 0 spiro atoms. The standard InChI is InChI=1S/C20H20BrNO3/c1-14-5-3-4-6-16(14)9-12-20(24)25-13-19(23)22-15(2)17-7-10-18(21)11-8-17/h3-12,15H,13H2,1-2H3,(H,22,23)/b12-9+/t15-/m0/s1. The molecule has 0 heterocycles. The van der Waals surface area contributed by atoms with Crippen LogP contribution in [0.3, 0.4) is 0 Å². The van der Waals surface area contributed by atoms with Gasteiger partial charge in [0.05, 0.1) is 6.04 Å². The summed E-state index contributed by atoms with van der Waals surface area (Å²) < 4.78 is 5.95. The Bertz CT molecular complexity index is 769. The Morgan fingerprint density at radius 1 is 1.16 bits per heavy atom. The van der Waals surface area contributed by atoms with Gasteiger partial charge in [-0.1, -0.05) is 52.3 Å². The molecule has 0 aliphatic carbocycles. The van der Waals surface area contributed by atoms with Crippen LogP contribution in [0, 0.1) is 6.92 Å². The van der Waals surface area contributed by atoms with Crippen molar-refractivity contribution in [1.29, 1.82) is 0 Å². The van der Waals surface area contributed by atoms with Crippen molar-refractivity contribution in [2.45, 2.75) is 19.9 Å². The van der Waals surface area contributed by atoms with Crippen LogP contribution in [-0.4, -0.2) is 18.5 Å². The summed E-state index contributed by atoms with van der Waals surface area (Å²) in [6.45, 7) is 3.53. The van der Waals surface area contributed by atoms with Gasteiger partial charge < -0.3 is 10.1 Å². The highest BCUT2D eigenvalue weighted by atomic mass is 79.9. The van der Waals surface area contributed by atoms with Crippen molar-refractivity contribution in [1.82, 2.24) is 5.32 Å². The third-order valence-corrected chi connectivity index (χ3v) is 4.21. The van der Waals surface area contributed by atoms with Gasteiger partial charge in [-0.15, -0.1) is 0 Å². The number of benzene rings is 2. The maximum Gasteiger partial charge on any atom is 0.331 e. The molecular formula is C20H20BrNO3. The minimum atomic E-state index is -0.547. The zero-order valence-electron chi connectivity index (χ0n) is 14.2. The second-order valence-electron chi connectivity index (χ2n) is 5.64. The lowest BCUT2D eigenvalue weighted by Crippen LogP contribution is -2.30. The topological polar surface area (TPSA) is 55.4 Å². The molecule has 1 atom stereocenters. The lowest BCUT2D eigenvalue weighted by Gasteiger charge is -2.14. The van der Waals surface area contributed by atoms with Crippen LogP contribution in [-0.2, 0) is 14.3 Å². The predicted octanol–water partition coefficient (Wildman–Crippen LogP) is 4.19. The molecule has 5 heteroatoms. The van der Waals surface area contributed by atoms with Gasteiger partial charge in [0.25, 0.3) is 5.91 Å². The van der Waals surface area contributed by atoms with Gasteiger partial charge in [0.1, 0.15) is 0 Å². The number of halogens is 1. The van der Waals surface area contributed by atoms with Gasteiger partial charge in [-0.2, -0.15) is 0 Å². The molecule has 0 saturated carbocycles. The van der Waals surface area contributed by atoms with E-state index in [1.165, 1.54) is 6.08 Å². The van der Waals surface area contributed by atoms with Gasteiger partial charge in [-0.3, -0.25) is 4.79 Å². The van der Waals surface area contributed by atoms with E-state index in [9.17, 15) is 9.59 Å². The lowest BCUT2D eigenvalue weighted by molar-refractivity contribution is -0.144. The van der Waals surface area contributed by atoms with Crippen molar-refractivity contribution in [3.8, 4) is 0 Å². The summed E-state index contributed by atoms with van der Waals surface area (Å²) in [4.78, 5) is 23.6. The minimum Gasteiger partial charge on any atom is -0.452 e. The van der Waals surface area contributed by atoms with E-state index in [-0.39, 0.29) is 18.6 Å². The first-order valence-electron chi connectivity index (χ1n) is 7.91. The molecule has 0 aliphatic heterocycles. The van der Waals surface area contributed by atoms with Crippen LogP contribution >= 0.6 is 15.9 Å². The molecule has 0 unspecified atom stereocenters. The van der Waals surface area contributed by atoms with Crippen molar-refractivity contribution < 1.29 is 14.3 Å². The summed E-state index contributed by atoms with van der Waals surface area (Å²) in [6, 6.07) is 15.2. The Morgan fingerprint density at radius 3 is 2.52 bits per heavy atom. The second kappa shape index (κ2) is 9.18. The molecule has 0 radical (unpaired) electrons. The lowest BCUT2D eigenvalue weighted by atomic mass is 10.1. The first-order chi connectivity index (χ1) is 12.0. The SMILES string of the molecule is Cc1ccccc1/C=C/C(=O)OCC(=O)N[C@@H](C)c1ccc(Br)cc1. The van der Waals surface area contributed by atoms with Crippen molar-refractivity contribution >= 4 is 33.9 Å². The van der Waals surface area contributed by atoms with E-state index >= 15 is 0 Å². The molecule has 0 bridgehead atoms. The summed E-state index contributed by atoms with van der Waals surface area (Å²) in [7, 11) is 0. The van der Waals surface area contributed by atoms with Crippen molar-refractivity contribution in [2.24, 2.45) is 0 Å². The normalized spacial score (nSPS) is 12.0. The number of rotatable bonds is 6. The third kappa shape index (κ3) is 6.19. The molecule has 0 saturated heterocycles. The Hall–Kier alpha value is -2.40. The molecule has 1 amide bonds. The van der Waals surface area contributed by atoms with Crippen LogP contribution in [0.25, 0.3) is 6.08 Å². The van der Waals surface area contributed by atoms with Gasteiger partial charge in [0, 0.05) is 10.5 Å². The molecule has 2 aromatic rings. The molecule has 0 aromatic heterocycles. The molecule has 2 aromatic carbocycles.